The number of hydrogen-bond acceptors (Lipinski definition) is 1. The fourth-order valence-electron chi connectivity index (χ4n) is 2.68. The Labute approximate surface area is 98.5 Å². The average molecular weight is 218 g/mol. The van der Waals surface area contributed by atoms with Gasteiger partial charge in [0.05, 0.1) is 6.10 Å². The van der Waals surface area contributed by atoms with Crippen molar-refractivity contribution in [3.05, 3.63) is 34.9 Å². The Balaban J connectivity index is 2.32. The minimum absolute atomic E-state index is 0.238. The van der Waals surface area contributed by atoms with Gasteiger partial charge in [-0.2, -0.15) is 0 Å². The Bertz CT molecular complexity index is 368. The number of aliphatic hydroxyl groups excluding tert-OH is 1. The molecular formula is C15H22O. The smallest absolute Gasteiger partial charge is 0.0793 e. The topological polar surface area (TPSA) is 20.2 Å². The molecule has 1 aliphatic carbocycles. The molecule has 88 valence electrons. The number of rotatable bonds is 2. The third-order valence-electron chi connectivity index (χ3n) is 3.56. The predicted molar refractivity (Wildman–Crippen MR) is 67.6 cm³/mol. The van der Waals surface area contributed by atoms with E-state index in [0.29, 0.717) is 11.8 Å². The van der Waals surface area contributed by atoms with Gasteiger partial charge in [-0.05, 0) is 47.8 Å². The van der Waals surface area contributed by atoms with Crippen LogP contribution in [0.5, 0.6) is 0 Å². The van der Waals surface area contributed by atoms with E-state index in [0.717, 1.165) is 19.3 Å². The van der Waals surface area contributed by atoms with E-state index in [1.165, 1.54) is 16.7 Å². The van der Waals surface area contributed by atoms with Crippen molar-refractivity contribution in [2.45, 2.75) is 52.1 Å². The molecule has 1 nitrogen and oxygen atoms in total. The summed E-state index contributed by atoms with van der Waals surface area (Å²) in [5.74, 6) is 1.28. The summed E-state index contributed by atoms with van der Waals surface area (Å²) in [5, 5.41) is 10.0. The van der Waals surface area contributed by atoms with Gasteiger partial charge in [-0.3, -0.25) is 0 Å². The lowest BCUT2D eigenvalue weighted by molar-refractivity contribution is 0.151. The molecule has 0 aromatic heterocycles. The molecule has 1 aromatic rings. The van der Waals surface area contributed by atoms with Crippen LogP contribution in [0.2, 0.25) is 0 Å². The molecule has 0 saturated carbocycles. The second-order valence-corrected chi connectivity index (χ2v) is 5.56. The summed E-state index contributed by atoms with van der Waals surface area (Å²) < 4.78 is 0. The monoisotopic (exact) mass is 218 g/mol. The predicted octanol–water partition coefficient (Wildman–Crippen LogP) is 3.82. The van der Waals surface area contributed by atoms with Crippen molar-refractivity contribution in [1.82, 2.24) is 0 Å². The largest absolute Gasteiger partial charge is 0.388 e. The van der Waals surface area contributed by atoms with Gasteiger partial charge >= 0.3 is 0 Å². The van der Waals surface area contributed by atoms with Gasteiger partial charge in [0.1, 0.15) is 0 Å². The number of hydrogen-bond donors (Lipinski definition) is 1. The lowest BCUT2D eigenvalue weighted by atomic mass is 9.81. The zero-order valence-electron chi connectivity index (χ0n) is 10.5. The molecule has 0 amide bonds. The Morgan fingerprint density at radius 3 is 2.69 bits per heavy atom. The molecule has 2 atom stereocenters. The highest BCUT2D eigenvalue weighted by Gasteiger charge is 2.23. The fourth-order valence-corrected chi connectivity index (χ4v) is 2.68. The van der Waals surface area contributed by atoms with Crippen LogP contribution in [0.15, 0.2) is 18.2 Å². The fraction of sp³-hybridized carbons (Fsp3) is 0.600. The van der Waals surface area contributed by atoms with Crippen LogP contribution in [0.25, 0.3) is 0 Å². The van der Waals surface area contributed by atoms with Gasteiger partial charge in [0, 0.05) is 0 Å². The molecule has 0 spiro atoms. The molecular weight excluding hydrogens is 196 g/mol. The molecule has 1 aromatic carbocycles. The van der Waals surface area contributed by atoms with Crippen LogP contribution < -0.4 is 0 Å². The summed E-state index contributed by atoms with van der Waals surface area (Å²) >= 11 is 0. The first kappa shape index (κ1) is 11.7. The lowest BCUT2D eigenvalue weighted by Crippen LogP contribution is -2.13. The Hall–Kier alpha value is -0.820. The van der Waals surface area contributed by atoms with E-state index in [-0.39, 0.29) is 6.10 Å². The van der Waals surface area contributed by atoms with Gasteiger partial charge in [-0.15, -0.1) is 0 Å². The summed E-state index contributed by atoms with van der Waals surface area (Å²) in [6.07, 6.45) is 2.89. The maximum atomic E-state index is 10.0. The molecule has 0 bridgehead atoms. The molecule has 1 N–H and O–H groups in total. The highest BCUT2D eigenvalue weighted by atomic mass is 16.3. The van der Waals surface area contributed by atoms with Crippen LogP contribution in [0.1, 0.15) is 62.3 Å². The van der Waals surface area contributed by atoms with E-state index in [2.05, 4.69) is 39.0 Å². The minimum Gasteiger partial charge on any atom is -0.388 e. The SMILES string of the molecule is CC(C)Cc1ccc2c(c1)[C@H](O)CCC2C. The molecule has 1 unspecified atom stereocenters. The minimum atomic E-state index is -0.238. The number of aliphatic hydroxyl groups is 1. The molecule has 16 heavy (non-hydrogen) atoms. The van der Waals surface area contributed by atoms with Crippen molar-refractivity contribution in [2.75, 3.05) is 0 Å². The van der Waals surface area contributed by atoms with Crippen LogP contribution in [0.3, 0.4) is 0 Å². The van der Waals surface area contributed by atoms with Gasteiger partial charge in [-0.25, -0.2) is 0 Å². The van der Waals surface area contributed by atoms with Crippen LogP contribution in [0, 0.1) is 5.92 Å². The van der Waals surface area contributed by atoms with Gasteiger partial charge < -0.3 is 5.11 Å². The third-order valence-corrected chi connectivity index (χ3v) is 3.56. The summed E-state index contributed by atoms with van der Waals surface area (Å²) in [4.78, 5) is 0. The molecule has 0 aliphatic heterocycles. The highest BCUT2D eigenvalue weighted by molar-refractivity contribution is 5.37. The average Bonchev–Trinajstić information content (AvgIpc) is 2.23. The van der Waals surface area contributed by atoms with E-state index in [9.17, 15) is 5.11 Å². The summed E-state index contributed by atoms with van der Waals surface area (Å²) in [7, 11) is 0. The first-order valence-electron chi connectivity index (χ1n) is 6.38. The Kier molecular flexibility index (Phi) is 3.34. The zero-order valence-corrected chi connectivity index (χ0v) is 10.5. The Morgan fingerprint density at radius 2 is 2.00 bits per heavy atom. The third kappa shape index (κ3) is 2.30. The second-order valence-electron chi connectivity index (χ2n) is 5.56. The van der Waals surface area contributed by atoms with E-state index in [1.807, 2.05) is 0 Å². The maximum Gasteiger partial charge on any atom is 0.0793 e. The van der Waals surface area contributed by atoms with Crippen LogP contribution in [0.4, 0.5) is 0 Å². The quantitative estimate of drug-likeness (QED) is 0.800. The van der Waals surface area contributed by atoms with Gasteiger partial charge in [0.2, 0.25) is 0 Å². The number of benzene rings is 1. The molecule has 0 fully saturated rings. The standard InChI is InChI=1S/C15H22O/c1-10(2)8-12-5-6-13-11(3)4-7-15(16)14(13)9-12/h5-6,9-11,15-16H,4,7-8H2,1-3H3/t11?,15-/m1/s1. The van der Waals surface area contributed by atoms with Gasteiger partial charge in [-0.1, -0.05) is 39.0 Å². The molecule has 1 heteroatoms. The van der Waals surface area contributed by atoms with E-state index in [4.69, 9.17) is 0 Å². The normalized spacial score (nSPS) is 24.6. The van der Waals surface area contributed by atoms with Crippen molar-refractivity contribution in [2.24, 2.45) is 5.92 Å². The van der Waals surface area contributed by atoms with Crippen LogP contribution in [-0.2, 0) is 6.42 Å². The second kappa shape index (κ2) is 4.58. The van der Waals surface area contributed by atoms with Crippen molar-refractivity contribution in [1.29, 1.82) is 0 Å². The van der Waals surface area contributed by atoms with Gasteiger partial charge in [0.15, 0.2) is 0 Å². The summed E-state index contributed by atoms with van der Waals surface area (Å²) in [6, 6.07) is 6.67. The van der Waals surface area contributed by atoms with Crippen LogP contribution >= 0.6 is 0 Å². The van der Waals surface area contributed by atoms with Gasteiger partial charge in [0.25, 0.3) is 0 Å². The molecule has 2 rings (SSSR count). The molecule has 0 radical (unpaired) electrons. The van der Waals surface area contributed by atoms with E-state index >= 15 is 0 Å². The van der Waals surface area contributed by atoms with Crippen molar-refractivity contribution in [3.63, 3.8) is 0 Å². The van der Waals surface area contributed by atoms with E-state index in [1.54, 1.807) is 0 Å². The molecule has 1 aliphatic rings. The van der Waals surface area contributed by atoms with Crippen molar-refractivity contribution in [3.8, 4) is 0 Å². The number of fused-ring (bicyclic) bond motifs is 1. The maximum absolute atomic E-state index is 10.0. The Morgan fingerprint density at radius 1 is 1.25 bits per heavy atom. The molecule has 0 heterocycles. The summed E-state index contributed by atoms with van der Waals surface area (Å²) in [6.45, 7) is 6.73. The van der Waals surface area contributed by atoms with E-state index < -0.39 is 0 Å². The first-order chi connectivity index (χ1) is 7.58. The van der Waals surface area contributed by atoms with Crippen molar-refractivity contribution >= 4 is 0 Å². The van der Waals surface area contributed by atoms with Crippen molar-refractivity contribution < 1.29 is 5.11 Å². The lowest BCUT2D eigenvalue weighted by Gasteiger charge is -2.27. The zero-order chi connectivity index (χ0) is 11.7. The van der Waals surface area contributed by atoms with Crippen LogP contribution in [-0.4, -0.2) is 5.11 Å². The molecule has 0 saturated heterocycles. The first-order valence-corrected chi connectivity index (χ1v) is 6.38. The summed E-state index contributed by atoms with van der Waals surface area (Å²) in [5.41, 5.74) is 3.89. The highest BCUT2D eigenvalue weighted by Crippen LogP contribution is 2.37.